The minimum absolute atomic E-state index is 0.0476. The minimum Gasteiger partial charge on any atom is -0.355 e. The van der Waals surface area contributed by atoms with Crippen LogP contribution in [0.5, 0.6) is 0 Å². The molecule has 0 saturated heterocycles. The summed E-state index contributed by atoms with van der Waals surface area (Å²) in [5.41, 5.74) is -0.633. The number of alkyl halides is 5. The van der Waals surface area contributed by atoms with Gasteiger partial charge in [0.25, 0.3) is 6.43 Å². The SMILES string of the molecule is Cc1cc(F)c(-c2cc(C(F)F)on2)cc1S(=O)CC(F)(F)F. The second kappa shape index (κ2) is 6.34. The molecule has 1 aromatic heterocycles. The lowest BCUT2D eigenvalue weighted by Gasteiger charge is -2.10. The van der Waals surface area contributed by atoms with E-state index in [1.807, 2.05) is 0 Å². The van der Waals surface area contributed by atoms with Gasteiger partial charge in [-0.3, -0.25) is 4.21 Å². The predicted molar refractivity (Wildman–Crippen MR) is 68.9 cm³/mol. The molecule has 10 heteroatoms. The summed E-state index contributed by atoms with van der Waals surface area (Å²) < 4.78 is 92.0. The maximum absolute atomic E-state index is 13.9. The third-order valence-corrected chi connectivity index (χ3v) is 4.34. The fraction of sp³-hybridized carbons (Fsp3) is 0.308. The van der Waals surface area contributed by atoms with Crippen LogP contribution in [0, 0.1) is 12.7 Å². The molecular formula is C13H9F6NO2S. The highest BCUT2D eigenvalue weighted by Gasteiger charge is 2.32. The van der Waals surface area contributed by atoms with Gasteiger partial charge >= 0.3 is 6.18 Å². The maximum atomic E-state index is 13.9. The molecule has 0 aliphatic rings. The maximum Gasteiger partial charge on any atom is 0.400 e. The van der Waals surface area contributed by atoms with Gasteiger partial charge < -0.3 is 4.52 Å². The Bertz CT molecular complexity index is 741. The summed E-state index contributed by atoms with van der Waals surface area (Å²) in [4.78, 5) is -0.250. The zero-order valence-electron chi connectivity index (χ0n) is 11.5. The van der Waals surface area contributed by atoms with Crippen LogP contribution < -0.4 is 0 Å². The molecule has 2 rings (SSSR count). The quantitative estimate of drug-likeness (QED) is 0.762. The molecule has 126 valence electrons. The average molecular weight is 357 g/mol. The number of hydrogen-bond donors (Lipinski definition) is 0. The summed E-state index contributed by atoms with van der Waals surface area (Å²) in [5, 5.41) is 3.26. The van der Waals surface area contributed by atoms with Crippen molar-refractivity contribution in [1.29, 1.82) is 0 Å². The number of aromatic nitrogens is 1. The van der Waals surface area contributed by atoms with Crippen LogP contribution in [-0.4, -0.2) is 21.3 Å². The van der Waals surface area contributed by atoms with Gasteiger partial charge in [0.1, 0.15) is 17.3 Å². The minimum atomic E-state index is -4.66. The van der Waals surface area contributed by atoms with Crippen LogP contribution >= 0.6 is 0 Å². The number of nitrogens with zero attached hydrogens (tertiary/aromatic N) is 1. The molecule has 0 bridgehead atoms. The van der Waals surface area contributed by atoms with E-state index in [-0.39, 0.29) is 21.7 Å². The molecule has 0 N–H and O–H groups in total. The average Bonchev–Trinajstić information content (AvgIpc) is 2.86. The number of halogens is 6. The first-order chi connectivity index (χ1) is 10.6. The number of rotatable bonds is 4. The summed E-state index contributed by atoms with van der Waals surface area (Å²) in [6.45, 7) is 1.30. The van der Waals surface area contributed by atoms with E-state index in [9.17, 15) is 30.6 Å². The van der Waals surface area contributed by atoms with Gasteiger partial charge in [-0.1, -0.05) is 5.16 Å². The van der Waals surface area contributed by atoms with Crippen molar-refractivity contribution in [3.63, 3.8) is 0 Å². The largest absolute Gasteiger partial charge is 0.400 e. The molecule has 3 nitrogen and oxygen atoms in total. The smallest absolute Gasteiger partial charge is 0.355 e. The van der Waals surface area contributed by atoms with E-state index in [4.69, 9.17) is 0 Å². The number of hydrogen-bond acceptors (Lipinski definition) is 3. The van der Waals surface area contributed by atoms with Gasteiger partial charge in [0.15, 0.2) is 0 Å². The van der Waals surface area contributed by atoms with Crippen LogP contribution in [0.15, 0.2) is 27.6 Å². The highest BCUT2D eigenvalue weighted by molar-refractivity contribution is 7.85. The van der Waals surface area contributed by atoms with Gasteiger partial charge in [0, 0.05) is 16.5 Å². The van der Waals surface area contributed by atoms with Crippen molar-refractivity contribution in [2.24, 2.45) is 0 Å². The molecule has 1 heterocycles. The summed E-state index contributed by atoms with van der Waals surface area (Å²) in [6, 6.07) is 2.55. The van der Waals surface area contributed by atoms with E-state index in [1.54, 1.807) is 0 Å². The molecule has 1 aromatic carbocycles. The van der Waals surface area contributed by atoms with Crippen molar-refractivity contribution in [1.82, 2.24) is 5.16 Å². The highest BCUT2D eigenvalue weighted by atomic mass is 32.2. The van der Waals surface area contributed by atoms with Crippen LogP contribution in [0.1, 0.15) is 17.7 Å². The Morgan fingerprint density at radius 2 is 1.91 bits per heavy atom. The van der Waals surface area contributed by atoms with Crippen LogP contribution in [0.2, 0.25) is 0 Å². The Balaban J connectivity index is 2.45. The molecular weight excluding hydrogens is 348 g/mol. The predicted octanol–water partition coefficient (Wildman–Crippen LogP) is 4.40. The Morgan fingerprint density at radius 3 is 2.43 bits per heavy atom. The summed E-state index contributed by atoms with van der Waals surface area (Å²) >= 11 is 0. The van der Waals surface area contributed by atoms with E-state index in [2.05, 4.69) is 9.68 Å². The molecule has 0 radical (unpaired) electrons. The monoisotopic (exact) mass is 357 g/mol. The van der Waals surface area contributed by atoms with Crippen LogP contribution in [0.3, 0.4) is 0 Å². The topological polar surface area (TPSA) is 43.1 Å². The van der Waals surface area contributed by atoms with E-state index in [0.29, 0.717) is 0 Å². The third kappa shape index (κ3) is 4.12. The summed E-state index contributed by atoms with van der Waals surface area (Å²) in [6.07, 6.45) is -7.63. The van der Waals surface area contributed by atoms with E-state index in [1.165, 1.54) is 6.92 Å². The first-order valence-electron chi connectivity index (χ1n) is 6.09. The van der Waals surface area contributed by atoms with Crippen molar-refractivity contribution in [2.75, 3.05) is 5.75 Å². The van der Waals surface area contributed by atoms with Gasteiger partial charge in [-0.15, -0.1) is 0 Å². The van der Waals surface area contributed by atoms with Crippen molar-refractivity contribution in [3.05, 3.63) is 35.3 Å². The van der Waals surface area contributed by atoms with Gasteiger partial charge in [0.2, 0.25) is 5.76 Å². The molecule has 0 fully saturated rings. The standard InChI is InChI=1S/C13H9F6NO2S/c1-6-2-8(14)7(9-4-10(12(15)16)22-20-9)3-11(6)23(21)5-13(17,18)19/h2-4,12H,5H2,1H3. The normalized spacial score (nSPS) is 13.6. The Kier molecular flexibility index (Phi) is 4.83. The molecule has 0 aliphatic carbocycles. The molecule has 1 atom stereocenters. The Labute approximate surface area is 128 Å². The van der Waals surface area contributed by atoms with Crippen molar-refractivity contribution in [2.45, 2.75) is 24.4 Å². The summed E-state index contributed by atoms with van der Waals surface area (Å²) in [5.74, 6) is -3.30. The third-order valence-electron chi connectivity index (χ3n) is 2.82. The van der Waals surface area contributed by atoms with E-state index >= 15 is 0 Å². The second-order valence-electron chi connectivity index (χ2n) is 4.62. The number of aryl methyl sites for hydroxylation is 1. The van der Waals surface area contributed by atoms with Gasteiger partial charge in [0.05, 0.1) is 10.8 Å². The molecule has 0 aliphatic heterocycles. The zero-order chi connectivity index (χ0) is 17.4. The molecule has 0 saturated carbocycles. The van der Waals surface area contributed by atoms with Gasteiger partial charge in [-0.25, -0.2) is 13.2 Å². The van der Waals surface area contributed by atoms with Gasteiger partial charge in [-0.05, 0) is 24.6 Å². The fourth-order valence-electron chi connectivity index (χ4n) is 1.84. The van der Waals surface area contributed by atoms with Crippen LogP contribution in [-0.2, 0) is 10.8 Å². The zero-order valence-corrected chi connectivity index (χ0v) is 12.3. The summed E-state index contributed by atoms with van der Waals surface area (Å²) in [7, 11) is -2.46. The number of benzene rings is 1. The van der Waals surface area contributed by atoms with Crippen LogP contribution in [0.4, 0.5) is 26.3 Å². The van der Waals surface area contributed by atoms with E-state index in [0.717, 1.165) is 18.2 Å². The van der Waals surface area contributed by atoms with Crippen molar-refractivity contribution < 1.29 is 35.1 Å². The highest BCUT2D eigenvalue weighted by Crippen LogP contribution is 2.31. The van der Waals surface area contributed by atoms with Crippen molar-refractivity contribution >= 4 is 10.8 Å². The Hall–Kier alpha value is -1.84. The first-order valence-corrected chi connectivity index (χ1v) is 7.41. The van der Waals surface area contributed by atoms with E-state index < -0.39 is 40.7 Å². The molecule has 0 amide bonds. The second-order valence-corrected chi connectivity index (χ2v) is 6.04. The fourth-order valence-corrected chi connectivity index (χ4v) is 2.96. The molecule has 0 spiro atoms. The molecule has 23 heavy (non-hydrogen) atoms. The molecule has 1 unspecified atom stereocenters. The van der Waals surface area contributed by atoms with Crippen LogP contribution in [0.25, 0.3) is 11.3 Å². The first kappa shape index (κ1) is 17.5. The van der Waals surface area contributed by atoms with Crippen molar-refractivity contribution in [3.8, 4) is 11.3 Å². The lowest BCUT2D eigenvalue weighted by molar-refractivity contribution is -0.105. The van der Waals surface area contributed by atoms with Gasteiger partial charge in [-0.2, -0.15) is 13.2 Å². The lowest BCUT2D eigenvalue weighted by Crippen LogP contribution is -2.19. The Morgan fingerprint density at radius 1 is 1.26 bits per heavy atom. The molecule has 2 aromatic rings. The lowest BCUT2D eigenvalue weighted by atomic mass is 10.1.